The van der Waals surface area contributed by atoms with Crippen LogP contribution in [0.4, 0.5) is 14.5 Å². The smallest absolute Gasteiger partial charge is 0.252 e. The Balaban J connectivity index is 1.63. The van der Waals surface area contributed by atoms with Crippen LogP contribution in [0.15, 0.2) is 38.3 Å². The third kappa shape index (κ3) is 4.13. The summed E-state index contributed by atoms with van der Waals surface area (Å²) in [6.07, 6.45) is 0.628. The minimum absolute atomic E-state index is 0.196. The van der Waals surface area contributed by atoms with E-state index in [1.165, 1.54) is 10.4 Å². The van der Waals surface area contributed by atoms with Crippen molar-refractivity contribution in [2.75, 3.05) is 18.4 Å². The lowest BCUT2D eigenvalue weighted by molar-refractivity contribution is -0.120. The highest BCUT2D eigenvalue weighted by molar-refractivity contribution is 9.11. The van der Waals surface area contributed by atoms with Gasteiger partial charge in [0.1, 0.15) is 15.8 Å². The van der Waals surface area contributed by atoms with Crippen molar-refractivity contribution in [1.29, 1.82) is 0 Å². The number of piperidine rings is 1. The molecule has 5 nitrogen and oxygen atoms in total. The summed E-state index contributed by atoms with van der Waals surface area (Å²) in [6.45, 7) is 0.392. The molecule has 0 aliphatic carbocycles. The van der Waals surface area contributed by atoms with Gasteiger partial charge < -0.3 is 5.32 Å². The number of thiophene rings is 1. The first-order valence-corrected chi connectivity index (χ1v) is 10.8. The summed E-state index contributed by atoms with van der Waals surface area (Å²) in [6, 6.07) is 6.04. The third-order valence-corrected chi connectivity index (χ3v) is 8.14. The molecule has 0 radical (unpaired) electrons. The van der Waals surface area contributed by atoms with Gasteiger partial charge in [0.2, 0.25) is 5.91 Å². The van der Waals surface area contributed by atoms with Gasteiger partial charge in [-0.25, -0.2) is 17.2 Å². The fourth-order valence-corrected chi connectivity index (χ4v) is 6.38. The Hall–Kier alpha value is -1.36. The molecule has 26 heavy (non-hydrogen) atoms. The normalized spacial score (nSPS) is 16.6. The number of hydrogen-bond acceptors (Lipinski definition) is 4. The summed E-state index contributed by atoms with van der Waals surface area (Å²) in [5.41, 5.74) is -0.214. The molecule has 140 valence electrons. The average Bonchev–Trinajstić information content (AvgIpc) is 3.05. The lowest BCUT2D eigenvalue weighted by Crippen LogP contribution is -2.41. The van der Waals surface area contributed by atoms with E-state index in [0.717, 1.165) is 33.3 Å². The van der Waals surface area contributed by atoms with Crippen LogP contribution in [0.3, 0.4) is 0 Å². The quantitative estimate of drug-likeness (QED) is 0.747. The zero-order chi connectivity index (χ0) is 18.9. The largest absolute Gasteiger partial charge is 0.323 e. The maximum Gasteiger partial charge on any atom is 0.252 e. The van der Waals surface area contributed by atoms with E-state index in [0.29, 0.717) is 12.8 Å². The molecule has 0 atom stereocenters. The monoisotopic (exact) mass is 464 g/mol. The summed E-state index contributed by atoms with van der Waals surface area (Å²) < 4.78 is 54.3. The van der Waals surface area contributed by atoms with Crippen LogP contribution in [0.1, 0.15) is 12.8 Å². The highest BCUT2D eigenvalue weighted by atomic mass is 79.9. The van der Waals surface area contributed by atoms with Gasteiger partial charge in [-0.2, -0.15) is 4.31 Å². The van der Waals surface area contributed by atoms with E-state index in [9.17, 15) is 22.0 Å². The number of halogens is 3. The number of carbonyl (C=O) groups is 1. The molecule has 2 heterocycles. The molecule has 10 heteroatoms. The molecule has 0 unspecified atom stereocenters. The van der Waals surface area contributed by atoms with Crippen molar-refractivity contribution in [2.45, 2.75) is 17.1 Å². The Morgan fingerprint density at radius 2 is 1.88 bits per heavy atom. The van der Waals surface area contributed by atoms with Crippen molar-refractivity contribution in [3.63, 3.8) is 0 Å². The van der Waals surface area contributed by atoms with E-state index in [-0.39, 0.29) is 23.0 Å². The second-order valence-electron chi connectivity index (χ2n) is 5.85. The number of carbonyl (C=O) groups excluding carboxylic acids is 1. The number of nitrogens with zero attached hydrogens (tertiary/aromatic N) is 1. The summed E-state index contributed by atoms with van der Waals surface area (Å²) in [5, 5.41) is 2.38. The standard InChI is InChI=1S/C16H15BrF2N2O3S2/c17-14-3-4-15(25-14)26(23,24)21-7-5-10(6-8-21)16(22)20-13-9-11(18)1-2-12(13)19/h1-4,9-10H,5-8H2,(H,20,22). The maximum atomic E-state index is 13.6. The zero-order valence-electron chi connectivity index (χ0n) is 13.4. The molecule has 1 amide bonds. The summed E-state index contributed by atoms with van der Waals surface area (Å²) in [4.78, 5) is 12.3. The molecule has 2 aromatic rings. The molecule has 1 aromatic heterocycles. The Bertz CT molecular complexity index is 925. The highest BCUT2D eigenvalue weighted by Gasteiger charge is 2.33. The van der Waals surface area contributed by atoms with Crippen molar-refractivity contribution in [3.8, 4) is 0 Å². The second-order valence-corrected chi connectivity index (χ2v) is 10.5. The number of amides is 1. The lowest BCUT2D eigenvalue weighted by Gasteiger charge is -2.30. The topological polar surface area (TPSA) is 66.5 Å². The minimum atomic E-state index is -3.58. The van der Waals surface area contributed by atoms with E-state index in [1.54, 1.807) is 6.07 Å². The number of nitrogens with one attached hydrogen (secondary N) is 1. The van der Waals surface area contributed by atoms with Gasteiger partial charge in [0.25, 0.3) is 10.0 Å². The summed E-state index contributed by atoms with van der Waals surface area (Å²) >= 11 is 4.38. The molecule has 1 aliphatic rings. The Morgan fingerprint density at radius 3 is 2.50 bits per heavy atom. The van der Waals surface area contributed by atoms with Gasteiger partial charge in [-0.15, -0.1) is 11.3 Å². The molecule has 0 spiro atoms. The SMILES string of the molecule is O=C(Nc1cc(F)ccc1F)C1CCN(S(=O)(=O)c2ccc(Br)s2)CC1. The average molecular weight is 465 g/mol. The minimum Gasteiger partial charge on any atom is -0.323 e. The molecule has 3 rings (SSSR count). The van der Waals surface area contributed by atoms with Gasteiger partial charge >= 0.3 is 0 Å². The number of benzene rings is 1. The van der Waals surface area contributed by atoms with Gasteiger partial charge in [-0.1, -0.05) is 0 Å². The molecule has 1 aromatic carbocycles. The Labute approximate surface area is 162 Å². The van der Waals surface area contributed by atoms with Gasteiger partial charge in [0.05, 0.1) is 9.47 Å². The zero-order valence-corrected chi connectivity index (χ0v) is 16.6. The molecular weight excluding hydrogens is 450 g/mol. The molecule has 1 N–H and O–H groups in total. The van der Waals surface area contributed by atoms with E-state index >= 15 is 0 Å². The number of hydrogen-bond donors (Lipinski definition) is 1. The van der Waals surface area contributed by atoms with E-state index in [4.69, 9.17) is 0 Å². The van der Waals surface area contributed by atoms with E-state index in [2.05, 4.69) is 21.2 Å². The molecule has 1 aliphatic heterocycles. The maximum absolute atomic E-state index is 13.6. The van der Waals surface area contributed by atoms with E-state index in [1.807, 2.05) is 0 Å². The molecule has 0 saturated carbocycles. The Morgan fingerprint density at radius 1 is 1.19 bits per heavy atom. The first-order valence-electron chi connectivity index (χ1n) is 7.79. The van der Waals surface area contributed by atoms with Crippen molar-refractivity contribution < 1.29 is 22.0 Å². The highest BCUT2D eigenvalue weighted by Crippen LogP contribution is 2.31. The fourth-order valence-electron chi connectivity index (χ4n) is 2.75. The predicted molar refractivity (Wildman–Crippen MR) is 98.5 cm³/mol. The van der Waals surface area contributed by atoms with Crippen LogP contribution in [-0.4, -0.2) is 31.7 Å². The van der Waals surface area contributed by atoms with Gasteiger partial charge in [0, 0.05) is 25.1 Å². The first kappa shape index (κ1) is 19.4. The lowest BCUT2D eigenvalue weighted by atomic mass is 9.97. The van der Waals surface area contributed by atoms with E-state index < -0.39 is 33.5 Å². The Kier molecular flexibility index (Phi) is 5.75. The van der Waals surface area contributed by atoms with Crippen LogP contribution in [0.2, 0.25) is 0 Å². The van der Waals surface area contributed by atoms with Crippen molar-refractivity contribution in [3.05, 3.63) is 45.8 Å². The first-order chi connectivity index (χ1) is 12.3. The number of sulfonamides is 1. The van der Waals surface area contributed by atoms with Gasteiger partial charge in [0.15, 0.2) is 0 Å². The molecule has 1 fully saturated rings. The van der Waals surface area contributed by atoms with Crippen molar-refractivity contribution in [2.24, 2.45) is 5.92 Å². The second kappa shape index (κ2) is 7.71. The predicted octanol–water partition coefficient (Wildman–Crippen LogP) is 3.83. The third-order valence-electron chi connectivity index (χ3n) is 4.15. The van der Waals surface area contributed by atoms with Crippen LogP contribution < -0.4 is 5.32 Å². The fraction of sp³-hybridized carbons (Fsp3) is 0.312. The van der Waals surface area contributed by atoms with Crippen LogP contribution in [0, 0.1) is 17.6 Å². The van der Waals surface area contributed by atoms with Crippen LogP contribution in [-0.2, 0) is 14.8 Å². The van der Waals surface area contributed by atoms with Crippen molar-refractivity contribution >= 4 is 48.9 Å². The van der Waals surface area contributed by atoms with Crippen LogP contribution in [0.5, 0.6) is 0 Å². The number of rotatable bonds is 4. The number of anilines is 1. The molecule has 1 saturated heterocycles. The summed E-state index contributed by atoms with van der Waals surface area (Å²) in [5.74, 6) is -2.27. The molecule has 0 bridgehead atoms. The van der Waals surface area contributed by atoms with Crippen LogP contribution in [0.25, 0.3) is 0 Å². The van der Waals surface area contributed by atoms with Crippen molar-refractivity contribution in [1.82, 2.24) is 4.31 Å². The van der Waals surface area contributed by atoms with Gasteiger partial charge in [-0.3, -0.25) is 4.79 Å². The molecular formula is C16H15BrF2N2O3S2. The van der Waals surface area contributed by atoms with Crippen LogP contribution >= 0.6 is 27.3 Å². The van der Waals surface area contributed by atoms with Gasteiger partial charge in [-0.05, 0) is 53.0 Å². The summed E-state index contributed by atoms with van der Waals surface area (Å²) in [7, 11) is -3.58.